The van der Waals surface area contributed by atoms with Gasteiger partial charge in [0.1, 0.15) is 0 Å². The molecule has 4 aliphatic carbocycles. The maximum absolute atomic E-state index is 12.3. The zero-order valence-corrected chi connectivity index (χ0v) is 23.4. The van der Waals surface area contributed by atoms with Crippen molar-refractivity contribution in [3.8, 4) is 0 Å². The maximum atomic E-state index is 12.3. The molecule has 0 radical (unpaired) electrons. The van der Waals surface area contributed by atoms with Crippen molar-refractivity contribution in [2.75, 3.05) is 32.8 Å². The highest BCUT2D eigenvalue weighted by molar-refractivity contribution is 5.67. The van der Waals surface area contributed by atoms with Crippen LogP contribution in [0.1, 0.15) is 97.8 Å². The monoisotopic (exact) mass is 505 g/mol. The normalized spacial score (nSPS) is 40.6. The molecule has 9 atom stereocenters. The number of ether oxygens (including phenoxy) is 1. The molecule has 1 amide bonds. The molecular weight excluding hydrogens is 450 g/mol. The van der Waals surface area contributed by atoms with E-state index in [0.29, 0.717) is 35.8 Å². The smallest absolute Gasteiger partial charge is 0.407 e. The van der Waals surface area contributed by atoms with Gasteiger partial charge in [0.15, 0.2) is 0 Å². The number of nitrogens with two attached hydrogens (primary N) is 1. The lowest BCUT2D eigenvalue weighted by Crippen LogP contribution is -2.54. The van der Waals surface area contributed by atoms with Gasteiger partial charge in [-0.3, -0.25) is 0 Å². The number of rotatable bonds is 11. The molecule has 6 nitrogen and oxygen atoms in total. The van der Waals surface area contributed by atoms with Crippen LogP contribution in [0.4, 0.5) is 4.79 Å². The van der Waals surface area contributed by atoms with E-state index in [0.717, 1.165) is 75.4 Å². The summed E-state index contributed by atoms with van der Waals surface area (Å²) in [6.45, 7) is 11.3. The van der Waals surface area contributed by atoms with Gasteiger partial charge in [0.05, 0.1) is 12.7 Å². The van der Waals surface area contributed by atoms with E-state index in [1.54, 1.807) is 0 Å². The number of unbranched alkanes of at least 4 members (excludes halogenated alkanes) is 1. The number of nitrogens with one attached hydrogen (secondary N) is 2. The summed E-state index contributed by atoms with van der Waals surface area (Å²) >= 11 is 0. The van der Waals surface area contributed by atoms with Gasteiger partial charge < -0.3 is 26.2 Å². The highest BCUT2D eigenvalue weighted by Crippen LogP contribution is 2.68. The molecule has 4 aliphatic rings. The van der Waals surface area contributed by atoms with Crippen LogP contribution in [0.5, 0.6) is 0 Å². The molecule has 0 heterocycles. The third-order valence-corrected chi connectivity index (χ3v) is 11.5. The minimum absolute atomic E-state index is 0.0643. The summed E-state index contributed by atoms with van der Waals surface area (Å²) in [6, 6.07) is 0. The Bertz CT molecular complexity index is 720. The van der Waals surface area contributed by atoms with Crippen LogP contribution in [0, 0.1) is 46.3 Å². The summed E-state index contributed by atoms with van der Waals surface area (Å²) in [5.41, 5.74) is 6.33. The van der Waals surface area contributed by atoms with E-state index in [9.17, 15) is 9.90 Å². The molecule has 4 fully saturated rings. The summed E-state index contributed by atoms with van der Waals surface area (Å²) in [6.07, 6.45) is 14.0. The molecular formula is C30H55N3O3. The molecule has 6 heteroatoms. The number of carbonyl (C=O) groups excluding carboxylic acids is 1. The number of aliphatic hydroxyl groups is 1. The van der Waals surface area contributed by atoms with Gasteiger partial charge in [-0.15, -0.1) is 0 Å². The third-order valence-electron chi connectivity index (χ3n) is 11.5. The van der Waals surface area contributed by atoms with Crippen LogP contribution in [0.2, 0.25) is 0 Å². The van der Waals surface area contributed by atoms with Crippen LogP contribution in [0.25, 0.3) is 0 Å². The molecule has 0 saturated heterocycles. The van der Waals surface area contributed by atoms with Crippen LogP contribution in [-0.2, 0) is 4.74 Å². The summed E-state index contributed by atoms with van der Waals surface area (Å²) in [5, 5.41) is 16.6. The van der Waals surface area contributed by atoms with Crippen LogP contribution in [-0.4, -0.2) is 50.1 Å². The Morgan fingerprint density at radius 1 is 0.972 bits per heavy atom. The molecule has 0 bridgehead atoms. The van der Waals surface area contributed by atoms with Crippen molar-refractivity contribution in [2.24, 2.45) is 52.1 Å². The van der Waals surface area contributed by atoms with Gasteiger partial charge in [-0.1, -0.05) is 20.8 Å². The third kappa shape index (κ3) is 5.91. The second-order valence-corrected chi connectivity index (χ2v) is 13.4. The first-order valence-corrected chi connectivity index (χ1v) is 15.3. The SMILES string of the molecule is C[C@H](COC(=O)NCCCNCCCCN)[C@H]1CC[C@H]2[C@@H]3CC[C@H]4C[C@H](O)CC[C@]4(C)[C@H]3CC[C@]12C. The zero-order chi connectivity index (χ0) is 25.8. The van der Waals surface area contributed by atoms with Crippen molar-refractivity contribution < 1.29 is 14.6 Å². The number of hydrogen-bond acceptors (Lipinski definition) is 5. The fourth-order valence-corrected chi connectivity index (χ4v) is 9.51. The van der Waals surface area contributed by atoms with Gasteiger partial charge in [-0.25, -0.2) is 4.79 Å². The second kappa shape index (κ2) is 12.3. The number of carbonyl (C=O) groups is 1. The van der Waals surface area contributed by atoms with E-state index in [1.807, 2.05) is 0 Å². The molecule has 0 aromatic carbocycles. The van der Waals surface area contributed by atoms with Crippen molar-refractivity contribution in [3.63, 3.8) is 0 Å². The predicted molar refractivity (Wildman–Crippen MR) is 146 cm³/mol. The minimum atomic E-state index is -0.265. The Balaban J connectivity index is 1.22. The second-order valence-electron chi connectivity index (χ2n) is 13.4. The highest BCUT2D eigenvalue weighted by Gasteiger charge is 2.60. The Morgan fingerprint density at radius 2 is 1.72 bits per heavy atom. The average Bonchev–Trinajstić information content (AvgIpc) is 3.22. The van der Waals surface area contributed by atoms with E-state index in [4.69, 9.17) is 10.5 Å². The molecule has 0 spiro atoms. The first-order valence-electron chi connectivity index (χ1n) is 15.3. The Hall–Kier alpha value is -0.850. The first-order chi connectivity index (χ1) is 17.3. The standard InChI is InChI=1S/C30H55N3O3/c1-21(20-36-28(35)33-18-6-17-32-16-5-4-15-31)25-9-10-26-24-8-7-22-19-23(34)11-13-29(22,2)27(24)12-14-30(25,26)3/h21-27,32,34H,4-20,31H2,1-3H3,(H,33,35)/t21-,22+,23-,24+,25-,26+,27+,29+,30-/m1/s1. The quantitative estimate of drug-likeness (QED) is 0.293. The number of hydrogen-bond donors (Lipinski definition) is 4. The largest absolute Gasteiger partial charge is 0.449 e. The van der Waals surface area contributed by atoms with E-state index in [2.05, 4.69) is 31.4 Å². The van der Waals surface area contributed by atoms with Crippen molar-refractivity contribution in [1.82, 2.24) is 10.6 Å². The lowest BCUT2D eigenvalue weighted by atomic mass is 9.44. The van der Waals surface area contributed by atoms with Gasteiger partial charge in [0, 0.05) is 6.54 Å². The molecule has 208 valence electrons. The predicted octanol–water partition coefficient (Wildman–Crippen LogP) is 5.09. The van der Waals surface area contributed by atoms with Crippen molar-refractivity contribution >= 4 is 6.09 Å². The average molecular weight is 506 g/mol. The lowest BCUT2D eigenvalue weighted by Gasteiger charge is -2.61. The van der Waals surface area contributed by atoms with E-state index >= 15 is 0 Å². The number of aliphatic hydroxyl groups excluding tert-OH is 1. The summed E-state index contributed by atoms with van der Waals surface area (Å²) in [5.74, 6) is 4.29. The number of fused-ring (bicyclic) bond motifs is 5. The van der Waals surface area contributed by atoms with Crippen molar-refractivity contribution in [3.05, 3.63) is 0 Å². The van der Waals surface area contributed by atoms with Crippen molar-refractivity contribution in [1.29, 1.82) is 0 Å². The van der Waals surface area contributed by atoms with Gasteiger partial charge in [0.25, 0.3) is 0 Å². The molecule has 0 aliphatic heterocycles. The summed E-state index contributed by atoms with van der Waals surface area (Å²) < 4.78 is 5.70. The van der Waals surface area contributed by atoms with Crippen molar-refractivity contribution in [2.45, 2.75) is 104 Å². The van der Waals surface area contributed by atoms with Gasteiger partial charge in [0.2, 0.25) is 0 Å². The van der Waals surface area contributed by atoms with E-state index in [-0.39, 0.29) is 12.2 Å². The lowest BCUT2D eigenvalue weighted by molar-refractivity contribution is -0.130. The molecule has 0 aromatic rings. The first kappa shape index (κ1) is 28.2. The van der Waals surface area contributed by atoms with Crippen LogP contribution in [0.15, 0.2) is 0 Å². The molecule has 0 unspecified atom stereocenters. The topological polar surface area (TPSA) is 96.6 Å². The highest BCUT2D eigenvalue weighted by atomic mass is 16.5. The Morgan fingerprint density at radius 3 is 2.53 bits per heavy atom. The van der Waals surface area contributed by atoms with E-state index < -0.39 is 0 Å². The van der Waals surface area contributed by atoms with Gasteiger partial charge in [-0.2, -0.15) is 0 Å². The molecule has 36 heavy (non-hydrogen) atoms. The van der Waals surface area contributed by atoms with Gasteiger partial charge in [-0.05, 0) is 143 Å². The fraction of sp³-hybridized carbons (Fsp3) is 0.967. The minimum Gasteiger partial charge on any atom is -0.449 e. The van der Waals surface area contributed by atoms with Crippen LogP contribution < -0.4 is 16.4 Å². The molecule has 0 aromatic heterocycles. The Kier molecular flexibility index (Phi) is 9.65. The zero-order valence-electron chi connectivity index (χ0n) is 23.4. The maximum Gasteiger partial charge on any atom is 0.407 e. The van der Waals surface area contributed by atoms with E-state index in [1.165, 1.54) is 44.9 Å². The fourth-order valence-electron chi connectivity index (χ4n) is 9.51. The summed E-state index contributed by atoms with van der Waals surface area (Å²) in [4.78, 5) is 12.3. The number of alkyl carbamates (subject to hydrolysis) is 1. The van der Waals surface area contributed by atoms with Crippen LogP contribution >= 0.6 is 0 Å². The molecule has 4 rings (SSSR count). The van der Waals surface area contributed by atoms with Gasteiger partial charge >= 0.3 is 6.09 Å². The molecule has 4 saturated carbocycles. The number of amides is 1. The molecule has 5 N–H and O–H groups in total. The van der Waals surface area contributed by atoms with Crippen LogP contribution in [0.3, 0.4) is 0 Å². The summed E-state index contributed by atoms with van der Waals surface area (Å²) in [7, 11) is 0. The Labute approximate surface area is 220 Å².